The van der Waals surface area contributed by atoms with Crippen LogP contribution in [0, 0.1) is 5.92 Å². The van der Waals surface area contributed by atoms with Gasteiger partial charge in [-0.05, 0) is 24.8 Å². The molecule has 1 saturated carbocycles. The molecule has 0 spiro atoms. The van der Waals surface area contributed by atoms with Gasteiger partial charge in [-0.2, -0.15) is 0 Å². The first-order chi connectivity index (χ1) is 8.25. The van der Waals surface area contributed by atoms with E-state index in [9.17, 15) is 4.79 Å². The number of carbonyl (C=O) groups is 1. The van der Waals surface area contributed by atoms with E-state index in [4.69, 9.17) is 5.11 Å². The SMILES string of the molecule is O=C(O)C1CCCC(NCc2ccccc2)C1. The van der Waals surface area contributed by atoms with Gasteiger partial charge in [0.05, 0.1) is 5.92 Å². The van der Waals surface area contributed by atoms with E-state index < -0.39 is 5.97 Å². The second-order valence-electron chi connectivity index (χ2n) is 4.77. The molecule has 1 aromatic carbocycles. The Balaban J connectivity index is 1.81. The van der Waals surface area contributed by atoms with Gasteiger partial charge in [-0.15, -0.1) is 0 Å². The Labute approximate surface area is 102 Å². The molecule has 2 rings (SSSR count). The zero-order valence-corrected chi connectivity index (χ0v) is 9.93. The molecule has 92 valence electrons. The Morgan fingerprint density at radius 3 is 2.76 bits per heavy atom. The molecule has 0 aliphatic heterocycles. The molecule has 1 aromatic rings. The Morgan fingerprint density at radius 2 is 2.06 bits per heavy atom. The molecular weight excluding hydrogens is 214 g/mol. The summed E-state index contributed by atoms with van der Waals surface area (Å²) in [6.45, 7) is 0.831. The van der Waals surface area contributed by atoms with Crippen molar-refractivity contribution in [2.75, 3.05) is 0 Å². The molecule has 2 N–H and O–H groups in total. The van der Waals surface area contributed by atoms with Crippen LogP contribution in [-0.2, 0) is 11.3 Å². The van der Waals surface area contributed by atoms with E-state index in [1.54, 1.807) is 0 Å². The molecule has 2 unspecified atom stereocenters. The molecule has 2 atom stereocenters. The van der Waals surface area contributed by atoms with Gasteiger partial charge >= 0.3 is 5.97 Å². The quantitative estimate of drug-likeness (QED) is 0.839. The third kappa shape index (κ3) is 3.56. The monoisotopic (exact) mass is 233 g/mol. The first-order valence-corrected chi connectivity index (χ1v) is 6.26. The maximum Gasteiger partial charge on any atom is 0.306 e. The Kier molecular flexibility index (Phi) is 4.15. The van der Waals surface area contributed by atoms with Gasteiger partial charge in [0.25, 0.3) is 0 Å². The Hall–Kier alpha value is -1.35. The van der Waals surface area contributed by atoms with E-state index in [1.807, 2.05) is 18.2 Å². The van der Waals surface area contributed by atoms with Crippen LogP contribution in [0.25, 0.3) is 0 Å². The first-order valence-electron chi connectivity index (χ1n) is 6.26. The number of hydrogen-bond acceptors (Lipinski definition) is 2. The van der Waals surface area contributed by atoms with Crippen LogP contribution in [0.4, 0.5) is 0 Å². The summed E-state index contributed by atoms with van der Waals surface area (Å²) in [5.74, 6) is -0.798. The topological polar surface area (TPSA) is 49.3 Å². The van der Waals surface area contributed by atoms with Crippen LogP contribution in [0.1, 0.15) is 31.2 Å². The first kappa shape index (κ1) is 12.1. The zero-order valence-electron chi connectivity index (χ0n) is 9.93. The van der Waals surface area contributed by atoms with Crippen molar-refractivity contribution in [3.63, 3.8) is 0 Å². The molecule has 0 bridgehead atoms. The number of nitrogens with one attached hydrogen (secondary N) is 1. The summed E-state index contributed by atoms with van der Waals surface area (Å²) in [7, 11) is 0. The number of carboxylic acid groups (broad SMARTS) is 1. The fraction of sp³-hybridized carbons (Fsp3) is 0.500. The standard InChI is InChI=1S/C14H19NO2/c16-14(17)12-7-4-8-13(9-12)15-10-11-5-2-1-3-6-11/h1-3,5-6,12-13,15H,4,7-10H2,(H,16,17). The van der Waals surface area contributed by atoms with Gasteiger partial charge in [-0.3, -0.25) is 4.79 Å². The van der Waals surface area contributed by atoms with Crippen molar-refractivity contribution >= 4 is 5.97 Å². The fourth-order valence-electron chi connectivity index (χ4n) is 2.46. The molecule has 0 radical (unpaired) electrons. The average Bonchev–Trinajstić information content (AvgIpc) is 2.38. The molecular formula is C14H19NO2. The summed E-state index contributed by atoms with van der Waals surface area (Å²) in [5, 5.41) is 12.5. The summed E-state index contributed by atoms with van der Waals surface area (Å²) in [6.07, 6.45) is 3.71. The van der Waals surface area contributed by atoms with Crippen LogP contribution < -0.4 is 5.32 Å². The predicted molar refractivity (Wildman–Crippen MR) is 66.7 cm³/mol. The molecule has 1 fully saturated rings. The maximum absolute atomic E-state index is 10.9. The van der Waals surface area contributed by atoms with E-state index in [0.717, 1.165) is 32.2 Å². The highest BCUT2D eigenvalue weighted by Gasteiger charge is 2.26. The van der Waals surface area contributed by atoms with Gasteiger partial charge in [0.1, 0.15) is 0 Å². The van der Waals surface area contributed by atoms with Crippen molar-refractivity contribution in [3.8, 4) is 0 Å². The van der Waals surface area contributed by atoms with Crippen molar-refractivity contribution in [3.05, 3.63) is 35.9 Å². The summed E-state index contributed by atoms with van der Waals surface area (Å²) in [4.78, 5) is 10.9. The number of aliphatic carboxylic acids is 1. The van der Waals surface area contributed by atoms with Gasteiger partial charge in [0.2, 0.25) is 0 Å². The maximum atomic E-state index is 10.9. The van der Waals surface area contributed by atoms with E-state index >= 15 is 0 Å². The second kappa shape index (κ2) is 5.82. The van der Waals surface area contributed by atoms with E-state index in [0.29, 0.717) is 6.04 Å². The number of benzene rings is 1. The fourth-order valence-corrected chi connectivity index (χ4v) is 2.46. The van der Waals surface area contributed by atoms with Gasteiger partial charge in [0.15, 0.2) is 0 Å². The Morgan fingerprint density at radius 1 is 1.29 bits per heavy atom. The molecule has 1 aliphatic carbocycles. The van der Waals surface area contributed by atoms with Crippen LogP contribution in [-0.4, -0.2) is 17.1 Å². The normalized spacial score (nSPS) is 24.5. The summed E-state index contributed by atoms with van der Waals surface area (Å²) < 4.78 is 0. The van der Waals surface area contributed by atoms with E-state index in [1.165, 1.54) is 5.56 Å². The molecule has 0 heterocycles. The average molecular weight is 233 g/mol. The van der Waals surface area contributed by atoms with Crippen LogP contribution in [0.3, 0.4) is 0 Å². The molecule has 3 nitrogen and oxygen atoms in total. The van der Waals surface area contributed by atoms with Gasteiger partial charge < -0.3 is 10.4 Å². The molecule has 0 aromatic heterocycles. The van der Waals surface area contributed by atoms with Gasteiger partial charge in [-0.25, -0.2) is 0 Å². The molecule has 17 heavy (non-hydrogen) atoms. The lowest BCUT2D eigenvalue weighted by Gasteiger charge is -2.27. The third-order valence-electron chi connectivity index (χ3n) is 3.46. The largest absolute Gasteiger partial charge is 0.481 e. The van der Waals surface area contributed by atoms with E-state index in [2.05, 4.69) is 17.4 Å². The summed E-state index contributed by atoms with van der Waals surface area (Å²) in [5.41, 5.74) is 1.25. The van der Waals surface area contributed by atoms with Crippen molar-refractivity contribution in [2.45, 2.75) is 38.3 Å². The minimum Gasteiger partial charge on any atom is -0.481 e. The van der Waals surface area contributed by atoms with Crippen LogP contribution in [0.15, 0.2) is 30.3 Å². The van der Waals surface area contributed by atoms with Gasteiger partial charge in [0, 0.05) is 12.6 Å². The molecule has 0 saturated heterocycles. The lowest BCUT2D eigenvalue weighted by atomic mass is 9.86. The molecule has 3 heteroatoms. The lowest BCUT2D eigenvalue weighted by Crippen LogP contribution is -2.36. The highest BCUT2D eigenvalue weighted by atomic mass is 16.4. The number of hydrogen-bond donors (Lipinski definition) is 2. The van der Waals surface area contributed by atoms with Crippen LogP contribution in [0.2, 0.25) is 0 Å². The Bertz CT molecular complexity index is 364. The predicted octanol–water partition coefficient (Wildman–Crippen LogP) is 2.42. The smallest absolute Gasteiger partial charge is 0.306 e. The third-order valence-corrected chi connectivity index (χ3v) is 3.46. The van der Waals surface area contributed by atoms with Crippen molar-refractivity contribution in [1.29, 1.82) is 0 Å². The number of rotatable bonds is 4. The summed E-state index contributed by atoms with van der Waals surface area (Å²) >= 11 is 0. The zero-order chi connectivity index (χ0) is 12.1. The number of carboxylic acids is 1. The highest BCUT2D eigenvalue weighted by molar-refractivity contribution is 5.70. The van der Waals surface area contributed by atoms with Crippen LogP contribution in [0.5, 0.6) is 0 Å². The molecule has 1 aliphatic rings. The van der Waals surface area contributed by atoms with E-state index in [-0.39, 0.29) is 5.92 Å². The second-order valence-corrected chi connectivity index (χ2v) is 4.77. The minimum absolute atomic E-state index is 0.156. The van der Waals surface area contributed by atoms with Crippen molar-refractivity contribution < 1.29 is 9.90 Å². The molecule has 0 amide bonds. The van der Waals surface area contributed by atoms with Gasteiger partial charge in [-0.1, -0.05) is 36.8 Å². The van der Waals surface area contributed by atoms with Crippen LogP contribution >= 0.6 is 0 Å². The van der Waals surface area contributed by atoms with Crippen molar-refractivity contribution in [1.82, 2.24) is 5.32 Å². The minimum atomic E-state index is -0.642. The van der Waals surface area contributed by atoms with Crippen molar-refractivity contribution in [2.24, 2.45) is 5.92 Å². The highest BCUT2D eigenvalue weighted by Crippen LogP contribution is 2.24. The summed E-state index contributed by atoms with van der Waals surface area (Å²) in [6, 6.07) is 10.6. The lowest BCUT2D eigenvalue weighted by molar-refractivity contribution is -0.143.